The molecule has 0 aliphatic carbocycles. The Hall–Kier alpha value is -3.09. The van der Waals surface area contributed by atoms with Crippen molar-refractivity contribution < 1.29 is 18.0 Å². The summed E-state index contributed by atoms with van der Waals surface area (Å²) in [6.07, 6.45) is -1.78. The highest BCUT2D eigenvalue weighted by molar-refractivity contribution is 5.76. The van der Waals surface area contributed by atoms with Crippen LogP contribution in [0, 0.1) is 0 Å². The summed E-state index contributed by atoms with van der Waals surface area (Å²) in [6.45, 7) is 0. The van der Waals surface area contributed by atoms with Crippen LogP contribution in [0.3, 0.4) is 0 Å². The van der Waals surface area contributed by atoms with Gasteiger partial charge in [-0.1, -0.05) is 30.3 Å². The molecule has 0 saturated heterocycles. The minimum absolute atomic E-state index is 0.149. The van der Waals surface area contributed by atoms with Crippen LogP contribution in [0.1, 0.15) is 11.1 Å². The van der Waals surface area contributed by atoms with Crippen molar-refractivity contribution in [1.29, 1.82) is 0 Å². The topological polar surface area (TPSA) is 60.9 Å². The fourth-order valence-electron chi connectivity index (χ4n) is 2.75. The van der Waals surface area contributed by atoms with Crippen molar-refractivity contribution in [2.75, 3.05) is 0 Å². The van der Waals surface area contributed by atoms with Crippen molar-refractivity contribution in [2.45, 2.75) is 19.0 Å². The van der Waals surface area contributed by atoms with Gasteiger partial charge < -0.3 is 5.73 Å². The molecule has 2 aromatic carbocycles. The van der Waals surface area contributed by atoms with Crippen LogP contribution in [0.4, 0.5) is 13.2 Å². The lowest BCUT2D eigenvalue weighted by molar-refractivity contribution is -0.127. The summed E-state index contributed by atoms with van der Waals surface area (Å²) >= 11 is 0. The van der Waals surface area contributed by atoms with E-state index in [1.807, 2.05) is 12.1 Å². The molecule has 134 valence electrons. The first-order valence-electron chi connectivity index (χ1n) is 7.89. The molecular weight excluding hydrogens is 343 g/mol. The lowest BCUT2D eigenvalue weighted by Gasteiger charge is -2.11. The molecule has 0 aliphatic rings. The van der Waals surface area contributed by atoms with Gasteiger partial charge in [-0.05, 0) is 29.3 Å². The van der Waals surface area contributed by atoms with Gasteiger partial charge >= 0.3 is 6.18 Å². The van der Waals surface area contributed by atoms with Gasteiger partial charge in [0.25, 0.3) is 0 Å². The van der Waals surface area contributed by atoms with Gasteiger partial charge in [-0.2, -0.15) is 13.2 Å². The number of carbonyl (C=O) groups excluding carboxylic acids is 1. The predicted molar refractivity (Wildman–Crippen MR) is 91.7 cm³/mol. The monoisotopic (exact) mass is 359 g/mol. The summed E-state index contributed by atoms with van der Waals surface area (Å²) in [6, 6.07) is 13.4. The fourth-order valence-corrected chi connectivity index (χ4v) is 2.75. The Morgan fingerprint density at radius 2 is 1.81 bits per heavy atom. The number of rotatable bonds is 5. The average molecular weight is 359 g/mol. The fraction of sp³-hybridized carbons (Fsp3) is 0.158. The summed E-state index contributed by atoms with van der Waals surface area (Å²) < 4.78 is 39.7. The molecule has 0 bridgehead atoms. The van der Waals surface area contributed by atoms with Crippen LogP contribution in [0.5, 0.6) is 0 Å². The lowest BCUT2D eigenvalue weighted by atomic mass is 10.1. The van der Waals surface area contributed by atoms with Crippen molar-refractivity contribution in [1.82, 2.24) is 9.55 Å². The van der Waals surface area contributed by atoms with Crippen LogP contribution in [0.2, 0.25) is 0 Å². The second-order valence-corrected chi connectivity index (χ2v) is 5.92. The molecule has 2 N–H and O–H groups in total. The minimum atomic E-state index is -4.26. The summed E-state index contributed by atoms with van der Waals surface area (Å²) in [5, 5.41) is 0. The first kappa shape index (κ1) is 17.7. The molecule has 26 heavy (non-hydrogen) atoms. The van der Waals surface area contributed by atoms with Crippen molar-refractivity contribution in [2.24, 2.45) is 5.73 Å². The number of benzene rings is 2. The van der Waals surface area contributed by atoms with Crippen LogP contribution in [0.25, 0.3) is 17.1 Å². The molecule has 1 aromatic heterocycles. The molecule has 3 rings (SSSR count). The smallest absolute Gasteiger partial charge is 0.369 e. The number of nitrogens with zero attached hydrogens (tertiary/aromatic N) is 2. The number of nitrogens with two attached hydrogens (primary N) is 1. The zero-order chi connectivity index (χ0) is 18.7. The lowest BCUT2D eigenvalue weighted by Crippen LogP contribution is -2.13. The number of hydrogen-bond donors (Lipinski definition) is 1. The number of amides is 1. The Morgan fingerprint density at radius 3 is 2.46 bits per heavy atom. The minimum Gasteiger partial charge on any atom is -0.369 e. The number of primary amides is 1. The van der Waals surface area contributed by atoms with Gasteiger partial charge in [0.05, 0.1) is 12.8 Å². The van der Waals surface area contributed by atoms with Gasteiger partial charge in [0.15, 0.2) is 0 Å². The number of carbonyl (C=O) groups is 1. The van der Waals surface area contributed by atoms with E-state index < -0.39 is 18.5 Å². The molecule has 1 heterocycles. The number of halogens is 3. The number of aromatic nitrogens is 2. The van der Waals surface area contributed by atoms with Crippen LogP contribution in [0.15, 0.2) is 60.9 Å². The molecule has 0 aliphatic heterocycles. The van der Waals surface area contributed by atoms with E-state index in [0.717, 1.165) is 11.3 Å². The molecule has 4 nitrogen and oxygen atoms in total. The Balaban J connectivity index is 1.91. The average Bonchev–Trinajstić information content (AvgIpc) is 3.03. The third kappa shape index (κ3) is 4.30. The van der Waals surface area contributed by atoms with Gasteiger partial charge in [-0.25, -0.2) is 4.98 Å². The Labute approximate surface area is 148 Å². The molecule has 0 saturated carbocycles. The third-order valence-electron chi connectivity index (χ3n) is 3.82. The van der Waals surface area contributed by atoms with Gasteiger partial charge in [-0.3, -0.25) is 9.36 Å². The highest BCUT2D eigenvalue weighted by Crippen LogP contribution is 2.26. The number of alkyl halides is 3. The summed E-state index contributed by atoms with van der Waals surface area (Å²) in [4.78, 5) is 15.3. The summed E-state index contributed by atoms with van der Waals surface area (Å²) in [7, 11) is 0. The molecule has 1 amide bonds. The van der Waals surface area contributed by atoms with Crippen molar-refractivity contribution >= 4 is 5.91 Å². The third-order valence-corrected chi connectivity index (χ3v) is 3.82. The van der Waals surface area contributed by atoms with Crippen molar-refractivity contribution in [3.8, 4) is 17.1 Å². The van der Waals surface area contributed by atoms with Crippen LogP contribution >= 0.6 is 0 Å². The van der Waals surface area contributed by atoms with Gasteiger partial charge in [0, 0.05) is 23.6 Å². The van der Waals surface area contributed by atoms with E-state index in [4.69, 9.17) is 5.73 Å². The van der Waals surface area contributed by atoms with Gasteiger partial charge in [0.1, 0.15) is 5.82 Å². The van der Waals surface area contributed by atoms with E-state index in [0.29, 0.717) is 11.4 Å². The molecule has 0 radical (unpaired) electrons. The van der Waals surface area contributed by atoms with Gasteiger partial charge in [0.2, 0.25) is 5.91 Å². The maximum absolute atomic E-state index is 12.6. The van der Waals surface area contributed by atoms with E-state index in [2.05, 4.69) is 4.98 Å². The summed E-state index contributed by atoms with van der Waals surface area (Å²) in [5.41, 5.74) is 7.53. The van der Waals surface area contributed by atoms with E-state index in [9.17, 15) is 18.0 Å². The molecule has 7 heteroatoms. The first-order valence-corrected chi connectivity index (χ1v) is 7.89. The predicted octanol–water partition coefficient (Wildman–Crippen LogP) is 3.67. The van der Waals surface area contributed by atoms with Crippen molar-refractivity contribution in [3.63, 3.8) is 0 Å². The highest BCUT2D eigenvalue weighted by Gasteiger charge is 2.27. The normalized spacial score (nSPS) is 11.5. The largest absolute Gasteiger partial charge is 0.393 e. The first-order chi connectivity index (χ1) is 12.3. The molecular formula is C19H16F3N3O. The zero-order valence-corrected chi connectivity index (χ0v) is 13.7. The molecule has 0 spiro atoms. The zero-order valence-electron chi connectivity index (χ0n) is 13.7. The maximum atomic E-state index is 12.6. The summed E-state index contributed by atoms with van der Waals surface area (Å²) in [5.74, 6) is 0.124. The van der Waals surface area contributed by atoms with Crippen LogP contribution in [-0.2, 0) is 17.6 Å². The van der Waals surface area contributed by atoms with E-state index >= 15 is 0 Å². The standard InChI is InChI=1S/C19H16F3N3O/c20-19(21,22)12-14-2-1-3-15(10-14)18-24-8-9-25(18)16-6-4-13(5-7-16)11-17(23)26/h1-10H,11-12H2,(H2,23,26). The van der Waals surface area contributed by atoms with E-state index in [-0.39, 0.29) is 12.0 Å². The Kier molecular flexibility index (Phi) is 4.79. The van der Waals surface area contributed by atoms with E-state index in [1.54, 1.807) is 41.2 Å². The van der Waals surface area contributed by atoms with E-state index in [1.165, 1.54) is 12.1 Å². The highest BCUT2D eigenvalue weighted by atomic mass is 19.4. The Bertz CT molecular complexity index is 914. The molecule has 0 atom stereocenters. The maximum Gasteiger partial charge on any atom is 0.393 e. The quantitative estimate of drug-likeness (QED) is 0.756. The van der Waals surface area contributed by atoms with Crippen molar-refractivity contribution in [3.05, 3.63) is 72.1 Å². The van der Waals surface area contributed by atoms with Crippen LogP contribution < -0.4 is 5.73 Å². The molecule has 0 unspecified atom stereocenters. The van der Waals surface area contributed by atoms with Crippen LogP contribution in [-0.4, -0.2) is 21.6 Å². The molecule has 0 fully saturated rings. The van der Waals surface area contributed by atoms with Gasteiger partial charge in [-0.15, -0.1) is 0 Å². The molecule has 3 aromatic rings. The SMILES string of the molecule is NC(=O)Cc1ccc(-n2ccnc2-c2cccc(CC(F)(F)F)c2)cc1. The number of hydrogen-bond acceptors (Lipinski definition) is 2. The second-order valence-electron chi connectivity index (χ2n) is 5.92. The number of imidazole rings is 1. The second kappa shape index (κ2) is 7.03. The Morgan fingerprint density at radius 1 is 1.08 bits per heavy atom.